The van der Waals surface area contributed by atoms with E-state index in [0.717, 1.165) is 22.4 Å². The molecule has 0 radical (unpaired) electrons. The van der Waals surface area contributed by atoms with Crippen molar-refractivity contribution < 1.29 is 14.7 Å². The predicted molar refractivity (Wildman–Crippen MR) is 85.6 cm³/mol. The van der Waals surface area contributed by atoms with Crippen molar-refractivity contribution in [3.05, 3.63) is 34.9 Å². The summed E-state index contributed by atoms with van der Waals surface area (Å²) in [6, 6.07) is 3.86. The van der Waals surface area contributed by atoms with Gasteiger partial charge in [-0.15, -0.1) is 0 Å². The molecule has 2 aliphatic heterocycles. The summed E-state index contributed by atoms with van der Waals surface area (Å²) in [6.07, 6.45) is 1.85. The summed E-state index contributed by atoms with van der Waals surface area (Å²) < 4.78 is 0. The molecule has 4 nitrogen and oxygen atoms in total. The molecule has 0 saturated carbocycles. The Kier molecular flexibility index (Phi) is 2.92. The van der Waals surface area contributed by atoms with Crippen LogP contribution in [0, 0.1) is 6.92 Å². The molecule has 0 fully saturated rings. The van der Waals surface area contributed by atoms with E-state index in [-0.39, 0.29) is 12.2 Å². The molecule has 1 N–H and O–H groups in total. The quantitative estimate of drug-likeness (QED) is 0.913. The maximum Gasteiger partial charge on any atom is 0.264 e. The van der Waals surface area contributed by atoms with Crippen molar-refractivity contribution in [2.75, 3.05) is 4.90 Å². The van der Waals surface area contributed by atoms with E-state index >= 15 is 0 Å². The number of allylic oxidation sites excluding steroid dienone is 1. The Balaban J connectivity index is 2.36. The number of nitrogens with zero attached hydrogens (tertiary/aromatic N) is 1. The molecule has 1 unspecified atom stereocenters. The lowest BCUT2D eigenvalue weighted by atomic mass is 9.86. The number of ketones is 1. The molecule has 0 spiro atoms. The van der Waals surface area contributed by atoms with E-state index in [2.05, 4.69) is 0 Å². The van der Waals surface area contributed by atoms with Gasteiger partial charge in [-0.05, 0) is 51.8 Å². The van der Waals surface area contributed by atoms with Crippen LogP contribution in [0.5, 0.6) is 0 Å². The number of hydrogen-bond acceptors (Lipinski definition) is 3. The Bertz CT molecular complexity index is 745. The molecule has 3 rings (SSSR count). The molecule has 0 saturated heterocycles. The van der Waals surface area contributed by atoms with Gasteiger partial charge in [-0.2, -0.15) is 0 Å². The third-order valence-corrected chi connectivity index (χ3v) is 4.56. The minimum Gasteiger partial charge on any atom is -0.375 e. The van der Waals surface area contributed by atoms with Crippen LogP contribution in [-0.4, -0.2) is 22.3 Å². The molecule has 2 heterocycles. The minimum absolute atomic E-state index is 0.187. The molecule has 0 aliphatic carbocycles. The highest BCUT2D eigenvalue weighted by Crippen LogP contribution is 2.52. The second-order valence-electron chi connectivity index (χ2n) is 7.07. The van der Waals surface area contributed by atoms with Crippen molar-refractivity contribution in [3.8, 4) is 0 Å². The molecule has 1 amide bonds. The summed E-state index contributed by atoms with van der Waals surface area (Å²) in [6.45, 7) is 9.24. The van der Waals surface area contributed by atoms with Crippen molar-refractivity contribution in [3.63, 3.8) is 0 Å². The summed E-state index contributed by atoms with van der Waals surface area (Å²) in [5, 5.41) is 11.0. The van der Waals surface area contributed by atoms with Gasteiger partial charge in [0.05, 0.1) is 11.2 Å². The van der Waals surface area contributed by atoms with Crippen LogP contribution in [0.15, 0.2) is 18.2 Å². The Morgan fingerprint density at radius 2 is 1.91 bits per heavy atom. The molecule has 4 heteroatoms. The van der Waals surface area contributed by atoms with E-state index in [0.29, 0.717) is 5.56 Å². The smallest absolute Gasteiger partial charge is 0.264 e. The van der Waals surface area contributed by atoms with Gasteiger partial charge in [0.2, 0.25) is 0 Å². The third-order valence-electron chi connectivity index (χ3n) is 4.56. The number of aryl methyl sites for hydroxylation is 1. The number of anilines is 1. The van der Waals surface area contributed by atoms with Gasteiger partial charge in [0.1, 0.15) is 5.78 Å². The van der Waals surface area contributed by atoms with E-state index in [1.54, 1.807) is 4.90 Å². The van der Waals surface area contributed by atoms with Gasteiger partial charge in [-0.25, -0.2) is 0 Å². The zero-order valence-corrected chi connectivity index (χ0v) is 13.7. The first-order valence-corrected chi connectivity index (χ1v) is 7.49. The zero-order chi connectivity index (χ0) is 16.4. The average molecular weight is 299 g/mol. The number of carbonyl (C=O) groups excluding carboxylic acids is 2. The fourth-order valence-electron chi connectivity index (χ4n) is 3.79. The van der Waals surface area contributed by atoms with Crippen molar-refractivity contribution in [2.24, 2.45) is 0 Å². The maximum atomic E-state index is 13.0. The first kappa shape index (κ1) is 15.0. The fraction of sp³-hybridized carbons (Fsp3) is 0.444. The minimum atomic E-state index is -1.75. The number of benzene rings is 1. The number of rotatable bonds is 2. The summed E-state index contributed by atoms with van der Waals surface area (Å²) in [5.74, 6) is -0.605. The summed E-state index contributed by atoms with van der Waals surface area (Å²) >= 11 is 0. The summed E-state index contributed by atoms with van der Waals surface area (Å²) in [4.78, 5) is 26.2. The number of Topliss-reactive ketones (excluding diaryl/α,β-unsaturated/α-hetero) is 1. The first-order chi connectivity index (χ1) is 10.1. The molecule has 1 aromatic carbocycles. The van der Waals surface area contributed by atoms with Gasteiger partial charge in [0.25, 0.3) is 5.91 Å². The number of hydrogen-bond donors (Lipinski definition) is 1. The number of carbonyl (C=O) groups is 2. The lowest BCUT2D eigenvalue weighted by Gasteiger charge is -2.39. The molecule has 2 aliphatic rings. The topological polar surface area (TPSA) is 57.6 Å². The standard InChI is InChI=1S/C18H21NO3/c1-10-6-13-11(2)8-17(4,5)19-15(13)14(7-10)18(22,16(19)21)9-12(3)20/h6-8,22H,9H2,1-5H3. The van der Waals surface area contributed by atoms with Crippen LogP contribution in [0.2, 0.25) is 0 Å². The van der Waals surface area contributed by atoms with Crippen molar-refractivity contribution in [1.29, 1.82) is 0 Å². The Morgan fingerprint density at radius 3 is 2.50 bits per heavy atom. The summed E-state index contributed by atoms with van der Waals surface area (Å²) in [5.41, 5.74) is 2.05. The van der Waals surface area contributed by atoms with E-state index < -0.39 is 17.0 Å². The monoisotopic (exact) mass is 299 g/mol. The molecule has 1 atom stereocenters. The van der Waals surface area contributed by atoms with Crippen LogP contribution in [0.25, 0.3) is 5.57 Å². The van der Waals surface area contributed by atoms with Gasteiger partial charge in [-0.1, -0.05) is 12.1 Å². The highest BCUT2D eigenvalue weighted by atomic mass is 16.3. The third kappa shape index (κ3) is 1.80. The van der Waals surface area contributed by atoms with Gasteiger partial charge >= 0.3 is 0 Å². The zero-order valence-electron chi connectivity index (χ0n) is 13.7. The highest BCUT2D eigenvalue weighted by Gasteiger charge is 2.55. The normalized spacial score (nSPS) is 25.1. The molecule has 0 bridgehead atoms. The van der Waals surface area contributed by atoms with Gasteiger partial charge in [-0.3, -0.25) is 14.5 Å². The fourth-order valence-corrected chi connectivity index (χ4v) is 3.79. The van der Waals surface area contributed by atoms with E-state index in [1.165, 1.54) is 6.92 Å². The van der Waals surface area contributed by atoms with Gasteiger partial charge in [0.15, 0.2) is 5.60 Å². The summed E-state index contributed by atoms with van der Waals surface area (Å²) in [7, 11) is 0. The second kappa shape index (κ2) is 4.29. The lowest BCUT2D eigenvalue weighted by Crippen LogP contribution is -2.51. The van der Waals surface area contributed by atoms with Crippen LogP contribution in [0.3, 0.4) is 0 Å². The van der Waals surface area contributed by atoms with E-state index in [9.17, 15) is 14.7 Å². The van der Waals surface area contributed by atoms with Crippen LogP contribution in [-0.2, 0) is 15.2 Å². The Morgan fingerprint density at radius 1 is 1.27 bits per heavy atom. The van der Waals surface area contributed by atoms with Crippen LogP contribution >= 0.6 is 0 Å². The largest absolute Gasteiger partial charge is 0.375 e. The van der Waals surface area contributed by atoms with E-state index in [1.807, 2.05) is 45.9 Å². The molecular formula is C18H21NO3. The number of aliphatic hydroxyl groups is 1. The SMILES string of the molecule is CC(=O)CC1(O)C(=O)N2c3c(cc(C)cc31)C(C)=CC2(C)C. The van der Waals surface area contributed by atoms with E-state index in [4.69, 9.17) is 0 Å². The predicted octanol–water partition coefficient (Wildman–Crippen LogP) is 2.70. The Hall–Kier alpha value is -1.94. The van der Waals surface area contributed by atoms with Crippen molar-refractivity contribution in [2.45, 2.75) is 52.2 Å². The molecule has 116 valence electrons. The molecule has 22 heavy (non-hydrogen) atoms. The average Bonchev–Trinajstić information content (AvgIpc) is 2.57. The maximum absolute atomic E-state index is 13.0. The first-order valence-electron chi connectivity index (χ1n) is 7.49. The van der Waals surface area contributed by atoms with Crippen LogP contribution < -0.4 is 4.90 Å². The van der Waals surface area contributed by atoms with Crippen molar-refractivity contribution >= 4 is 23.0 Å². The molecule has 1 aromatic rings. The highest BCUT2D eigenvalue weighted by molar-refractivity contribution is 6.13. The molecular weight excluding hydrogens is 278 g/mol. The lowest BCUT2D eigenvalue weighted by molar-refractivity contribution is -0.141. The Labute approximate surface area is 130 Å². The second-order valence-corrected chi connectivity index (χ2v) is 7.07. The molecule has 0 aromatic heterocycles. The van der Waals surface area contributed by atoms with Gasteiger partial charge in [0, 0.05) is 17.5 Å². The van der Waals surface area contributed by atoms with Crippen LogP contribution in [0.4, 0.5) is 5.69 Å². The van der Waals surface area contributed by atoms with Crippen molar-refractivity contribution in [1.82, 2.24) is 0 Å². The van der Waals surface area contributed by atoms with Crippen LogP contribution in [0.1, 0.15) is 50.8 Å². The van der Waals surface area contributed by atoms with Gasteiger partial charge < -0.3 is 5.11 Å². The number of amides is 1.